The molecule has 0 aromatic heterocycles. The smallest absolute Gasteiger partial charge is 0.323 e. The number of carbonyl (C=O) groups is 2. The third kappa shape index (κ3) is 2.86. The molecular weight excluding hydrogens is 348 g/mol. The standard InChI is InChI=1S/C17H19F2N3O4/c1-7-4-9(22-3-2-10(23)8(5-20)6-22)13(18)14-11(7)15(24)12(17(25)26)16(19)21-14/h4,8,10,12,23H,2-3,5-6,20H2,1H3,(H,25,26). The zero-order chi connectivity index (χ0) is 19.2. The molecule has 4 N–H and O–H groups in total. The van der Waals surface area contributed by atoms with Crippen LogP contribution in [0.4, 0.5) is 20.2 Å². The molecule has 1 saturated heterocycles. The molecule has 0 bridgehead atoms. The number of Topliss-reactive ketones (excluding diaryl/α,β-unsaturated/α-hetero) is 1. The van der Waals surface area contributed by atoms with E-state index in [-0.39, 0.29) is 23.7 Å². The highest BCUT2D eigenvalue weighted by molar-refractivity contribution is 6.26. The average Bonchev–Trinajstić information content (AvgIpc) is 2.57. The number of aryl methyl sites for hydroxylation is 1. The molecule has 0 spiro atoms. The van der Waals surface area contributed by atoms with Crippen molar-refractivity contribution in [2.24, 2.45) is 22.6 Å². The topological polar surface area (TPSA) is 116 Å². The Morgan fingerprint density at radius 1 is 1.46 bits per heavy atom. The Morgan fingerprint density at radius 2 is 2.15 bits per heavy atom. The number of aliphatic imine (C=N–C) groups is 1. The van der Waals surface area contributed by atoms with Gasteiger partial charge in [-0.05, 0) is 31.5 Å². The van der Waals surface area contributed by atoms with Gasteiger partial charge in [-0.3, -0.25) is 9.59 Å². The quantitative estimate of drug-likeness (QED) is 0.691. The third-order valence-corrected chi connectivity index (χ3v) is 4.97. The number of aliphatic carboxylic acids is 1. The minimum atomic E-state index is -2.04. The van der Waals surface area contributed by atoms with Gasteiger partial charge in [0, 0.05) is 19.0 Å². The van der Waals surface area contributed by atoms with Gasteiger partial charge >= 0.3 is 5.97 Å². The summed E-state index contributed by atoms with van der Waals surface area (Å²) < 4.78 is 29.0. The number of fused-ring (bicyclic) bond motifs is 1. The summed E-state index contributed by atoms with van der Waals surface area (Å²) >= 11 is 0. The average molecular weight is 367 g/mol. The summed E-state index contributed by atoms with van der Waals surface area (Å²) in [5, 5.41) is 19.0. The molecule has 2 heterocycles. The molecule has 0 amide bonds. The number of ketones is 1. The van der Waals surface area contributed by atoms with E-state index >= 15 is 4.39 Å². The molecule has 0 aliphatic carbocycles. The number of piperidine rings is 1. The fraction of sp³-hybridized carbons (Fsp3) is 0.471. The van der Waals surface area contributed by atoms with E-state index in [1.165, 1.54) is 13.0 Å². The number of carboxylic acids is 1. The van der Waals surface area contributed by atoms with Crippen molar-refractivity contribution >= 4 is 29.1 Å². The van der Waals surface area contributed by atoms with Gasteiger partial charge in [0.2, 0.25) is 5.97 Å². The molecule has 0 saturated carbocycles. The molecule has 3 rings (SSSR count). The van der Waals surface area contributed by atoms with E-state index in [1.54, 1.807) is 4.90 Å². The fourth-order valence-electron chi connectivity index (χ4n) is 3.51. The van der Waals surface area contributed by atoms with Gasteiger partial charge in [-0.2, -0.15) is 4.39 Å². The second-order valence-corrected chi connectivity index (χ2v) is 6.62. The summed E-state index contributed by atoms with van der Waals surface area (Å²) in [7, 11) is 0. The van der Waals surface area contributed by atoms with Crippen LogP contribution in [-0.2, 0) is 4.79 Å². The molecule has 9 heteroatoms. The molecule has 140 valence electrons. The van der Waals surface area contributed by atoms with Crippen LogP contribution >= 0.6 is 0 Å². The largest absolute Gasteiger partial charge is 0.480 e. The van der Waals surface area contributed by atoms with Crippen LogP contribution in [0.3, 0.4) is 0 Å². The van der Waals surface area contributed by atoms with Crippen molar-refractivity contribution in [2.75, 3.05) is 24.5 Å². The van der Waals surface area contributed by atoms with Crippen molar-refractivity contribution in [3.63, 3.8) is 0 Å². The maximum absolute atomic E-state index is 15.0. The van der Waals surface area contributed by atoms with Gasteiger partial charge in [0.1, 0.15) is 5.69 Å². The monoisotopic (exact) mass is 367 g/mol. The molecule has 1 aromatic carbocycles. The SMILES string of the molecule is Cc1cc(N2CCC(O)C(CN)C2)c(F)c2c1C(=O)C(C(=O)O)C(F)=N2. The first-order chi connectivity index (χ1) is 12.3. The lowest BCUT2D eigenvalue weighted by atomic mass is 9.89. The number of carbonyl (C=O) groups excluding carboxylic acids is 1. The zero-order valence-corrected chi connectivity index (χ0v) is 14.1. The Bertz CT molecular complexity index is 812. The van der Waals surface area contributed by atoms with Gasteiger partial charge in [-0.15, -0.1) is 0 Å². The predicted octanol–water partition coefficient (Wildman–Crippen LogP) is 1.18. The van der Waals surface area contributed by atoms with Crippen molar-refractivity contribution in [1.29, 1.82) is 0 Å². The van der Waals surface area contributed by atoms with E-state index in [9.17, 15) is 19.1 Å². The third-order valence-electron chi connectivity index (χ3n) is 4.97. The van der Waals surface area contributed by atoms with Crippen molar-refractivity contribution in [2.45, 2.75) is 19.4 Å². The molecule has 26 heavy (non-hydrogen) atoms. The van der Waals surface area contributed by atoms with Crippen LogP contribution in [0.1, 0.15) is 22.3 Å². The predicted molar refractivity (Wildman–Crippen MR) is 90.2 cm³/mol. The summed E-state index contributed by atoms with van der Waals surface area (Å²) in [4.78, 5) is 28.6. The number of anilines is 1. The maximum atomic E-state index is 15.0. The van der Waals surface area contributed by atoms with E-state index in [1.807, 2.05) is 0 Å². The van der Waals surface area contributed by atoms with Crippen LogP contribution in [0.25, 0.3) is 0 Å². The van der Waals surface area contributed by atoms with Crippen molar-refractivity contribution in [3.8, 4) is 0 Å². The van der Waals surface area contributed by atoms with E-state index in [2.05, 4.69) is 4.99 Å². The van der Waals surface area contributed by atoms with Gasteiger partial charge in [0.15, 0.2) is 17.5 Å². The summed E-state index contributed by atoms with van der Waals surface area (Å²) in [5.41, 5.74) is 5.40. The molecule has 1 aromatic rings. The Balaban J connectivity index is 2.07. The molecular formula is C17H19F2N3O4. The summed E-state index contributed by atoms with van der Waals surface area (Å²) in [6, 6.07) is 1.43. The Morgan fingerprint density at radius 3 is 2.77 bits per heavy atom. The Labute approximate surface area is 148 Å². The molecule has 7 nitrogen and oxygen atoms in total. The first-order valence-corrected chi connectivity index (χ1v) is 8.23. The highest BCUT2D eigenvalue weighted by atomic mass is 19.1. The number of carboxylic acid groups (broad SMARTS) is 1. The van der Waals surface area contributed by atoms with E-state index in [0.717, 1.165) is 0 Å². The van der Waals surface area contributed by atoms with Crippen LogP contribution < -0.4 is 10.6 Å². The highest BCUT2D eigenvalue weighted by Gasteiger charge is 2.41. The number of nitrogens with zero attached hydrogens (tertiary/aromatic N) is 2. The van der Waals surface area contributed by atoms with Crippen molar-refractivity contribution in [3.05, 3.63) is 23.0 Å². The Kier molecular flexibility index (Phi) is 4.76. The number of aliphatic hydroxyl groups excluding tert-OH is 1. The van der Waals surface area contributed by atoms with E-state index < -0.39 is 41.2 Å². The minimum Gasteiger partial charge on any atom is -0.480 e. The van der Waals surface area contributed by atoms with Crippen LogP contribution in [0.15, 0.2) is 11.1 Å². The number of benzene rings is 1. The summed E-state index contributed by atoms with van der Waals surface area (Å²) in [6.45, 7) is 2.43. The highest BCUT2D eigenvalue weighted by Crippen LogP contribution is 2.40. The van der Waals surface area contributed by atoms with Crippen LogP contribution in [-0.4, -0.2) is 53.7 Å². The first-order valence-electron chi connectivity index (χ1n) is 8.23. The van der Waals surface area contributed by atoms with Gasteiger partial charge in [-0.1, -0.05) is 0 Å². The molecule has 3 unspecified atom stereocenters. The minimum absolute atomic E-state index is 0.129. The van der Waals surface area contributed by atoms with Gasteiger partial charge < -0.3 is 20.8 Å². The number of nitrogens with two attached hydrogens (primary N) is 1. The molecule has 2 aliphatic rings. The maximum Gasteiger partial charge on any atom is 0.323 e. The summed E-state index contributed by atoms with van der Waals surface area (Å²) in [5.74, 6) is -7.28. The lowest BCUT2D eigenvalue weighted by Crippen LogP contribution is -2.46. The number of hydrogen-bond donors (Lipinski definition) is 3. The van der Waals surface area contributed by atoms with Crippen LogP contribution in [0.5, 0.6) is 0 Å². The Hall–Kier alpha value is -2.39. The van der Waals surface area contributed by atoms with Crippen molar-refractivity contribution < 1.29 is 28.6 Å². The molecule has 2 aliphatic heterocycles. The van der Waals surface area contributed by atoms with E-state index in [0.29, 0.717) is 25.1 Å². The van der Waals surface area contributed by atoms with Crippen molar-refractivity contribution in [1.82, 2.24) is 0 Å². The lowest BCUT2D eigenvalue weighted by molar-refractivity contribution is -0.138. The summed E-state index contributed by atoms with van der Waals surface area (Å²) in [6.07, 6.45) is -0.180. The molecule has 0 radical (unpaired) electrons. The number of halogens is 2. The van der Waals surface area contributed by atoms with Gasteiger partial charge in [0.05, 0.1) is 17.4 Å². The number of rotatable bonds is 3. The molecule has 3 atom stereocenters. The normalized spacial score (nSPS) is 25.7. The van der Waals surface area contributed by atoms with Gasteiger partial charge in [0.25, 0.3) is 0 Å². The van der Waals surface area contributed by atoms with E-state index in [4.69, 9.17) is 10.8 Å². The fourth-order valence-corrected chi connectivity index (χ4v) is 3.51. The number of hydrogen-bond acceptors (Lipinski definition) is 6. The van der Waals surface area contributed by atoms with Crippen LogP contribution in [0, 0.1) is 24.6 Å². The van der Waals surface area contributed by atoms with Gasteiger partial charge in [-0.25, -0.2) is 9.38 Å². The second kappa shape index (κ2) is 6.73. The molecule has 1 fully saturated rings. The number of aliphatic hydroxyl groups is 1. The zero-order valence-electron chi connectivity index (χ0n) is 14.1. The lowest BCUT2D eigenvalue weighted by Gasteiger charge is -2.37. The second-order valence-electron chi connectivity index (χ2n) is 6.62. The first kappa shape index (κ1) is 18.4. The van der Waals surface area contributed by atoms with Crippen LogP contribution in [0.2, 0.25) is 0 Å².